The van der Waals surface area contributed by atoms with Crippen LogP contribution in [0.3, 0.4) is 0 Å². The van der Waals surface area contributed by atoms with Crippen LogP contribution in [0.4, 0.5) is 16.3 Å². The van der Waals surface area contributed by atoms with E-state index in [0.29, 0.717) is 17.3 Å². The molecule has 116 valence electrons. The Balaban J connectivity index is 2.19. The number of carbonyl (C=O) groups is 1. The number of ether oxygens (including phenoxy) is 2. The Bertz CT molecular complexity index is 686. The topological polar surface area (TPSA) is 86.5 Å². The third-order valence-electron chi connectivity index (χ3n) is 3.23. The first-order valence-corrected chi connectivity index (χ1v) is 6.80. The van der Waals surface area contributed by atoms with Gasteiger partial charge in [0.1, 0.15) is 6.61 Å². The van der Waals surface area contributed by atoms with Gasteiger partial charge in [-0.25, -0.2) is 9.78 Å². The molecule has 1 heterocycles. The van der Waals surface area contributed by atoms with Gasteiger partial charge >= 0.3 is 6.09 Å². The molecular formula is C16H19N3O3. The lowest BCUT2D eigenvalue weighted by Gasteiger charge is -2.15. The second-order valence-corrected chi connectivity index (χ2v) is 4.84. The zero-order valence-electron chi connectivity index (χ0n) is 12.8. The maximum absolute atomic E-state index is 11.4. The number of pyridine rings is 1. The lowest BCUT2D eigenvalue weighted by molar-refractivity contribution is 0.187. The third-order valence-corrected chi connectivity index (χ3v) is 3.23. The first-order valence-electron chi connectivity index (χ1n) is 6.80. The Morgan fingerprint density at radius 1 is 1.27 bits per heavy atom. The number of methoxy groups -OCH3 is 1. The monoisotopic (exact) mass is 301 g/mol. The molecule has 0 aliphatic rings. The van der Waals surface area contributed by atoms with Gasteiger partial charge in [-0.05, 0) is 37.6 Å². The van der Waals surface area contributed by atoms with Gasteiger partial charge in [-0.1, -0.05) is 12.1 Å². The molecule has 2 aromatic rings. The molecule has 0 saturated carbocycles. The van der Waals surface area contributed by atoms with Crippen molar-refractivity contribution in [1.82, 2.24) is 4.98 Å². The average Bonchev–Trinajstić information content (AvgIpc) is 2.48. The number of anilines is 2. The largest absolute Gasteiger partial charge is 0.485 e. The van der Waals surface area contributed by atoms with Crippen LogP contribution in [0, 0.1) is 13.8 Å². The van der Waals surface area contributed by atoms with Crippen LogP contribution in [0.5, 0.6) is 5.75 Å². The number of nitrogen functional groups attached to an aromatic ring is 1. The van der Waals surface area contributed by atoms with Gasteiger partial charge in [-0.15, -0.1) is 0 Å². The summed E-state index contributed by atoms with van der Waals surface area (Å²) in [4.78, 5) is 15.6. The van der Waals surface area contributed by atoms with Crippen LogP contribution in [0.25, 0.3) is 0 Å². The second-order valence-electron chi connectivity index (χ2n) is 4.84. The van der Waals surface area contributed by atoms with Gasteiger partial charge in [-0.2, -0.15) is 0 Å². The number of nitrogens with zero attached hydrogens (tertiary/aromatic N) is 1. The van der Waals surface area contributed by atoms with Gasteiger partial charge < -0.3 is 15.2 Å². The van der Waals surface area contributed by atoms with Crippen LogP contribution in [-0.4, -0.2) is 18.2 Å². The van der Waals surface area contributed by atoms with Crippen molar-refractivity contribution >= 4 is 17.6 Å². The average molecular weight is 301 g/mol. The lowest BCUT2D eigenvalue weighted by atomic mass is 10.1. The predicted molar refractivity (Wildman–Crippen MR) is 84.9 cm³/mol. The summed E-state index contributed by atoms with van der Waals surface area (Å²) in [7, 11) is 1.32. The van der Waals surface area contributed by atoms with Crippen molar-refractivity contribution in [2.45, 2.75) is 20.5 Å². The molecule has 22 heavy (non-hydrogen) atoms. The molecule has 0 atom stereocenters. The fourth-order valence-electron chi connectivity index (χ4n) is 2.01. The predicted octanol–water partition coefficient (Wildman–Crippen LogP) is 3.04. The molecular weight excluding hydrogens is 282 g/mol. The van der Waals surface area contributed by atoms with Gasteiger partial charge in [0.25, 0.3) is 0 Å². The van der Waals surface area contributed by atoms with Crippen LogP contribution in [0.2, 0.25) is 0 Å². The van der Waals surface area contributed by atoms with Gasteiger partial charge in [0.2, 0.25) is 0 Å². The normalized spacial score (nSPS) is 10.1. The van der Waals surface area contributed by atoms with Crippen LogP contribution in [0.15, 0.2) is 30.3 Å². The van der Waals surface area contributed by atoms with E-state index in [0.717, 1.165) is 16.8 Å². The second kappa shape index (κ2) is 6.80. The molecule has 1 amide bonds. The highest BCUT2D eigenvalue weighted by atomic mass is 16.5. The van der Waals surface area contributed by atoms with Crippen LogP contribution in [-0.2, 0) is 11.3 Å². The Morgan fingerprint density at radius 3 is 2.73 bits per heavy atom. The summed E-state index contributed by atoms with van der Waals surface area (Å²) >= 11 is 0. The number of nitrogens with one attached hydrogen (secondary N) is 1. The summed E-state index contributed by atoms with van der Waals surface area (Å²) < 4.78 is 10.4. The van der Waals surface area contributed by atoms with Crippen molar-refractivity contribution in [2.75, 3.05) is 18.2 Å². The maximum Gasteiger partial charge on any atom is 0.411 e. The quantitative estimate of drug-likeness (QED) is 0.906. The van der Waals surface area contributed by atoms with Gasteiger partial charge in [0.05, 0.1) is 12.8 Å². The van der Waals surface area contributed by atoms with Crippen molar-refractivity contribution in [2.24, 2.45) is 0 Å². The number of aryl methyl sites for hydroxylation is 2. The molecule has 0 saturated heterocycles. The summed E-state index contributed by atoms with van der Waals surface area (Å²) in [5, 5.41) is 2.67. The highest BCUT2D eigenvalue weighted by Gasteiger charge is 2.11. The number of nitrogens with two attached hydrogens (primary N) is 1. The molecule has 6 nitrogen and oxygen atoms in total. The lowest BCUT2D eigenvalue weighted by Crippen LogP contribution is -2.14. The third kappa shape index (κ3) is 3.66. The minimum atomic E-state index is -0.525. The van der Waals surface area contributed by atoms with Gasteiger partial charge in [-0.3, -0.25) is 5.32 Å². The zero-order chi connectivity index (χ0) is 16.1. The van der Waals surface area contributed by atoms with E-state index in [9.17, 15) is 4.79 Å². The number of amides is 1. The number of rotatable bonds is 4. The van der Waals surface area contributed by atoms with Gasteiger partial charge in [0, 0.05) is 11.3 Å². The summed E-state index contributed by atoms with van der Waals surface area (Å²) in [5.41, 5.74) is 9.16. The summed E-state index contributed by atoms with van der Waals surface area (Å²) in [6.45, 7) is 4.07. The Labute approximate surface area is 129 Å². The molecule has 1 aromatic heterocycles. The zero-order valence-corrected chi connectivity index (χ0v) is 12.8. The Hall–Kier alpha value is -2.76. The molecule has 0 bridgehead atoms. The summed E-state index contributed by atoms with van der Waals surface area (Å²) in [5.74, 6) is 0.855. The molecule has 0 spiro atoms. The highest BCUT2D eigenvalue weighted by molar-refractivity contribution is 5.85. The van der Waals surface area contributed by atoms with E-state index in [2.05, 4.69) is 15.0 Å². The summed E-state index contributed by atoms with van der Waals surface area (Å²) in [6, 6.07) is 9.20. The van der Waals surface area contributed by atoms with Crippen LogP contribution < -0.4 is 15.8 Å². The van der Waals surface area contributed by atoms with Crippen molar-refractivity contribution < 1.29 is 14.3 Å². The van der Waals surface area contributed by atoms with E-state index in [1.165, 1.54) is 7.11 Å². The molecule has 0 unspecified atom stereocenters. The first-order chi connectivity index (χ1) is 10.5. The molecule has 2 rings (SSSR count). The van der Waals surface area contributed by atoms with E-state index in [4.69, 9.17) is 10.5 Å². The standard InChI is InChI=1S/C16H19N3O3/c1-10-5-4-6-13(19-16(20)21-3)12(10)9-22-14-8-7-11(2)18-15(14)17/h4-8H,9H2,1-3H3,(H2,17,18)(H,19,20). The number of aromatic nitrogens is 1. The van der Waals surface area contributed by atoms with E-state index >= 15 is 0 Å². The molecule has 0 fully saturated rings. The molecule has 0 aliphatic carbocycles. The van der Waals surface area contributed by atoms with Crippen LogP contribution >= 0.6 is 0 Å². The number of hydrogen-bond donors (Lipinski definition) is 2. The van der Waals surface area contributed by atoms with Crippen molar-refractivity contribution in [3.8, 4) is 5.75 Å². The SMILES string of the molecule is COC(=O)Nc1cccc(C)c1COc1ccc(C)nc1N. The number of benzene rings is 1. The van der Waals surface area contributed by atoms with E-state index in [-0.39, 0.29) is 6.61 Å². The number of hydrogen-bond acceptors (Lipinski definition) is 5. The number of carbonyl (C=O) groups excluding carboxylic acids is 1. The smallest absolute Gasteiger partial charge is 0.411 e. The minimum absolute atomic E-state index is 0.265. The molecule has 0 aliphatic heterocycles. The van der Waals surface area contributed by atoms with Crippen molar-refractivity contribution in [1.29, 1.82) is 0 Å². The molecule has 6 heteroatoms. The minimum Gasteiger partial charge on any atom is -0.485 e. The van der Waals surface area contributed by atoms with Gasteiger partial charge in [0.15, 0.2) is 11.6 Å². The van der Waals surface area contributed by atoms with E-state index < -0.39 is 6.09 Å². The Kier molecular flexibility index (Phi) is 4.83. The Morgan fingerprint density at radius 2 is 2.05 bits per heavy atom. The van der Waals surface area contributed by atoms with Crippen molar-refractivity contribution in [3.63, 3.8) is 0 Å². The van der Waals surface area contributed by atoms with Crippen molar-refractivity contribution in [3.05, 3.63) is 47.2 Å². The molecule has 1 aromatic carbocycles. The van der Waals surface area contributed by atoms with E-state index in [1.807, 2.05) is 32.0 Å². The van der Waals surface area contributed by atoms with E-state index in [1.54, 1.807) is 12.1 Å². The van der Waals surface area contributed by atoms with Crippen LogP contribution in [0.1, 0.15) is 16.8 Å². The maximum atomic E-state index is 11.4. The fourth-order valence-corrected chi connectivity index (χ4v) is 2.01. The molecule has 0 radical (unpaired) electrons. The fraction of sp³-hybridized carbons (Fsp3) is 0.250. The summed E-state index contributed by atoms with van der Waals surface area (Å²) in [6.07, 6.45) is -0.525. The first kappa shape index (κ1) is 15.6. The highest BCUT2D eigenvalue weighted by Crippen LogP contribution is 2.24. The molecule has 3 N–H and O–H groups in total.